The SMILES string of the molecule is C[N+]1(C)C=CC(C2C=CN=CC2)C=C1. The molecule has 14 heavy (non-hydrogen) atoms. The van der Waals surface area contributed by atoms with Gasteiger partial charge in [0.15, 0.2) is 0 Å². The summed E-state index contributed by atoms with van der Waals surface area (Å²) in [6.45, 7) is 0. The molecule has 2 aliphatic rings. The molecular weight excluding hydrogens is 172 g/mol. The van der Waals surface area contributed by atoms with E-state index >= 15 is 0 Å². The number of quaternary nitrogens is 1. The predicted octanol–water partition coefficient (Wildman–Crippen LogP) is 2.32. The number of rotatable bonds is 1. The van der Waals surface area contributed by atoms with Crippen molar-refractivity contribution < 1.29 is 4.48 Å². The number of hydrogen-bond donors (Lipinski definition) is 0. The fraction of sp³-hybridized carbons (Fsp3) is 0.417. The molecule has 0 aliphatic carbocycles. The molecular formula is C12H17N2+. The predicted molar refractivity (Wildman–Crippen MR) is 59.6 cm³/mol. The van der Waals surface area contributed by atoms with Gasteiger partial charge in [-0.15, -0.1) is 0 Å². The van der Waals surface area contributed by atoms with Gasteiger partial charge in [-0.3, -0.25) is 9.48 Å². The molecule has 0 bridgehead atoms. The van der Waals surface area contributed by atoms with Crippen LogP contribution in [0.2, 0.25) is 0 Å². The molecule has 0 fully saturated rings. The Morgan fingerprint density at radius 3 is 2.43 bits per heavy atom. The zero-order chi connectivity index (χ0) is 10.0. The molecule has 0 aromatic heterocycles. The van der Waals surface area contributed by atoms with Crippen LogP contribution < -0.4 is 0 Å². The lowest BCUT2D eigenvalue weighted by atomic mass is 9.88. The summed E-state index contributed by atoms with van der Waals surface area (Å²) in [5, 5.41) is 0. The number of aliphatic imine (C=N–C) groups is 1. The second-order valence-corrected chi connectivity index (χ2v) is 4.46. The fourth-order valence-corrected chi connectivity index (χ4v) is 1.81. The molecule has 1 unspecified atom stereocenters. The van der Waals surface area contributed by atoms with E-state index in [4.69, 9.17) is 0 Å². The number of allylic oxidation sites excluding steroid dienone is 3. The van der Waals surface area contributed by atoms with Crippen LogP contribution in [0.15, 0.2) is 41.8 Å². The Labute approximate surface area is 85.5 Å². The molecule has 2 heterocycles. The first-order valence-corrected chi connectivity index (χ1v) is 5.08. The largest absolute Gasteiger partial charge is 0.276 e. The van der Waals surface area contributed by atoms with E-state index in [0.29, 0.717) is 11.8 Å². The minimum absolute atomic E-state index is 0.546. The minimum atomic E-state index is 0.546. The van der Waals surface area contributed by atoms with Gasteiger partial charge in [0.2, 0.25) is 0 Å². The van der Waals surface area contributed by atoms with Crippen molar-refractivity contribution in [3.05, 3.63) is 36.8 Å². The van der Waals surface area contributed by atoms with E-state index in [9.17, 15) is 0 Å². The summed E-state index contributed by atoms with van der Waals surface area (Å²) in [5.41, 5.74) is 0. The van der Waals surface area contributed by atoms with Crippen LogP contribution in [0.3, 0.4) is 0 Å². The monoisotopic (exact) mass is 189 g/mol. The van der Waals surface area contributed by atoms with E-state index in [1.54, 1.807) is 0 Å². The first-order valence-electron chi connectivity index (χ1n) is 5.08. The maximum absolute atomic E-state index is 4.09. The topological polar surface area (TPSA) is 12.4 Å². The van der Waals surface area contributed by atoms with Gasteiger partial charge in [0.05, 0.1) is 26.5 Å². The Morgan fingerprint density at radius 2 is 1.86 bits per heavy atom. The van der Waals surface area contributed by atoms with Gasteiger partial charge < -0.3 is 0 Å². The smallest absolute Gasteiger partial charge is 0.0966 e. The molecule has 0 aromatic rings. The Kier molecular flexibility index (Phi) is 2.38. The molecule has 2 aliphatic heterocycles. The molecule has 0 amide bonds. The third-order valence-corrected chi connectivity index (χ3v) is 2.78. The highest BCUT2D eigenvalue weighted by Crippen LogP contribution is 2.25. The van der Waals surface area contributed by atoms with Gasteiger partial charge in [0.25, 0.3) is 0 Å². The van der Waals surface area contributed by atoms with Gasteiger partial charge in [0.1, 0.15) is 0 Å². The quantitative estimate of drug-likeness (QED) is 0.561. The van der Waals surface area contributed by atoms with Crippen molar-refractivity contribution in [2.75, 3.05) is 14.1 Å². The van der Waals surface area contributed by atoms with Crippen LogP contribution in [0.1, 0.15) is 6.42 Å². The molecule has 0 aromatic carbocycles. The highest BCUT2D eigenvalue weighted by atomic mass is 15.3. The van der Waals surface area contributed by atoms with Crippen LogP contribution >= 0.6 is 0 Å². The summed E-state index contributed by atoms with van der Waals surface area (Å²) in [5.74, 6) is 1.14. The second kappa shape index (κ2) is 3.54. The molecule has 0 spiro atoms. The fourth-order valence-electron chi connectivity index (χ4n) is 1.81. The summed E-state index contributed by atoms with van der Waals surface area (Å²) < 4.78 is 0.848. The van der Waals surface area contributed by atoms with Gasteiger partial charge >= 0.3 is 0 Å². The van der Waals surface area contributed by atoms with Crippen LogP contribution in [0, 0.1) is 11.8 Å². The molecule has 0 radical (unpaired) electrons. The van der Waals surface area contributed by atoms with Crippen molar-refractivity contribution in [1.29, 1.82) is 0 Å². The highest BCUT2D eigenvalue weighted by Gasteiger charge is 2.21. The van der Waals surface area contributed by atoms with Crippen molar-refractivity contribution in [1.82, 2.24) is 0 Å². The molecule has 2 nitrogen and oxygen atoms in total. The van der Waals surface area contributed by atoms with Crippen molar-refractivity contribution in [3.8, 4) is 0 Å². The maximum atomic E-state index is 4.09. The zero-order valence-corrected chi connectivity index (χ0v) is 8.80. The van der Waals surface area contributed by atoms with Gasteiger partial charge in [0, 0.05) is 18.3 Å². The average Bonchev–Trinajstić information content (AvgIpc) is 2.19. The number of hydrogen-bond acceptors (Lipinski definition) is 1. The molecule has 0 saturated heterocycles. The Bertz CT molecular complexity index is 305. The van der Waals surface area contributed by atoms with Gasteiger partial charge in [-0.1, -0.05) is 6.08 Å². The Balaban J connectivity index is 2.05. The van der Waals surface area contributed by atoms with Crippen LogP contribution in [0.5, 0.6) is 0 Å². The lowest BCUT2D eigenvalue weighted by Gasteiger charge is -2.27. The van der Waals surface area contributed by atoms with Crippen molar-refractivity contribution in [2.45, 2.75) is 6.42 Å². The van der Waals surface area contributed by atoms with E-state index < -0.39 is 0 Å². The van der Waals surface area contributed by atoms with Crippen molar-refractivity contribution in [2.24, 2.45) is 16.8 Å². The Hall–Kier alpha value is -1.15. The lowest BCUT2D eigenvalue weighted by Crippen LogP contribution is -2.29. The lowest BCUT2D eigenvalue weighted by molar-refractivity contribution is -0.785. The standard InChI is InChI=1S/C12H17N2/c1-14(2)9-5-12(6-10-14)11-3-7-13-8-4-11/h3,5-12H,4H2,1-2H3/q+1. The first kappa shape index (κ1) is 9.41. The van der Waals surface area contributed by atoms with Crippen molar-refractivity contribution in [3.63, 3.8) is 0 Å². The van der Waals surface area contributed by atoms with Crippen LogP contribution in [0.4, 0.5) is 0 Å². The van der Waals surface area contributed by atoms with Crippen molar-refractivity contribution >= 4 is 6.21 Å². The van der Waals surface area contributed by atoms with E-state index in [1.165, 1.54) is 0 Å². The summed E-state index contributed by atoms with van der Waals surface area (Å²) in [7, 11) is 4.34. The molecule has 74 valence electrons. The first-order chi connectivity index (χ1) is 6.67. The van der Waals surface area contributed by atoms with E-state index in [1.807, 2.05) is 12.4 Å². The van der Waals surface area contributed by atoms with E-state index in [-0.39, 0.29) is 0 Å². The molecule has 2 rings (SSSR count). The third-order valence-electron chi connectivity index (χ3n) is 2.78. The normalized spacial score (nSPS) is 29.7. The van der Waals surface area contributed by atoms with Crippen LogP contribution in [-0.4, -0.2) is 24.8 Å². The molecule has 2 heteroatoms. The summed E-state index contributed by atoms with van der Waals surface area (Å²) >= 11 is 0. The zero-order valence-electron chi connectivity index (χ0n) is 8.80. The molecule has 1 atom stereocenters. The second-order valence-electron chi connectivity index (χ2n) is 4.46. The summed E-state index contributed by atoms with van der Waals surface area (Å²) in [6, 6.07) is 0. The Morgan fingerprint density at radius 1 is 1.14 bits per heavy atom. The van der Waals surface area contributed by atoms with Crippen LogP contribution in [-0.2, 0) is 0 Å². The third kappa shape index (κ3) is 2.02. The maximum Gasteiger partial charge on any atom is 0.0966 e. The van der Waals surface area contributed by atoms with Gasteiger partial charge in [-0.05, 0) is 24.5 Å². The average molecular weight is 189 g/mol. The minimum Gasteiger partial charge on any atom is -0.276 e. The van der Waals surface area contributed by atoms with E-state index in [2.05, 4.69) is 49.7 Å². The molecule has 0 saturated carbocycles. The highest BCUT2D eigenvalue weighted by molar-refractivity contribution is 5.60. The summed E-state index contributed by atoms with van der Waals surface area (Å²) in [4.78, 5) is 4.09. The van der Waals surface area contributed by atoms with E-state index in [0.717, 1.165) is 10.9 Å². The number of nitrogens with zero attached hydrogens (tertiary/aromatic N) is 2. The summed E-state index contributed by atoms with van der Waals surface area (Å²) in [6.07, 6.45) is 16.2. The van der Waals surface area contributed by atoms with Crippen LogP contribution in [0.25, 0.3) is 0 Å². The molecule has 0 N–H and O–H groups in total. The van der Waals surface area contributed by atoms with Gasteiger partial charge in [-0.2, -0.15) is 0 Å². The van der Waals surface area contributed by atoms with Gasteiger partial charge in [-0.25, -0.2) is 0 Å².